The number of H-pyrrole nitrogens is 1. The molecule has 0 bridgehead atoms. The zero-order chi connectivity index (χ0) is 7.40. The van der Waals surface area contributed by atoms with E-state index in [0.29, 0.717) is 5.82 Å². The van der Waals surface area contributed by atoms with Crippen LogP contribution in [0.15, 0.2) is 11.2 Å². The van der Waals surface area contributed by atoms with Crippen molar-refractivity contribution in [3.05, 3.63) is 12.0 Å². The Morgan fingerprint density at radius 3 is 3.10 bits per heavy atom. The lowest BCUT2D eigenvalue weighted by molar-refractivity contribution is 1.15. The van der Waals surface area contributed by atoms with Crippen molar-refractivity contribution in [2.75, 3.05) is 0 Å². The molecule has 1 heterocycles. The maximum atomic E-state index is 6.65. The Morgan fingerprint density at radius 2 is 2.60 bits per heavy atom. The second-order valence-electron chi connectivity index (χ2n) is 1.80. The van der Waals surface area contributed by atoms with Gasteiger partial charge in [-0.15, -0.1) is 0 Å². The third-order valence-electron chi connectivity index (χ3n) is 0.978. The maximum absolute atomic E-state index is 6.65. The molecule has 0 radical (unpaired) electrons. The van der Waals surface area contributed by atoms with Crippen molar-refractivity contribution in [3.63, 3.8) is 0 Å². The standard InChI is InChI=1S/C6H8N4/c1-5-9-4-6(10-5)8-3-2-7/h2-4,7H,1H3,(H,9,10). The average molecular weight is 136 g/mol. The molecule has 0 saturated carbocycles. The van der Waals surface area contributed by atoms with E-state index in [0.717, 1.165) is 12.0 Å². The van der Waals surface area contributed by atoms with Crippen molar-refractivity contribution in [3.8, 4) is 0 Å². The maximum Gasteiger partial charge on any atom is 0.149 e. The summed E-state index contributed by atoms with van der Waals surface area (Å²) in [6, 6.07) is 0. The van der Waals surface area contributed by atoms with Gasteiger partial charge in [0, 0.05) is 12.4 Å². The van der Waals surface area contributed by atoms with E-state index in [1.54, 1.807) is 6.20 Å². The lowest BCUT2D eigenvalue weighted by Gasteiger charge is -1.79. The Morgan fingerprint density at radius 1 is 1.80 bits per heavy atom. The first-order valence-corrected chi connectivity index (χ1v) is 2.87. The molecule has 0 aliphatic heterocycles. The number of hydrogen-bond donors (Lipinski definition) is 2. The van der Waals surface area contributed by atoms with Crippen molar-refractivity contribution >= 4 is 18.2 Å². The van der Waals surface area contributed by atoms with Gasteiger partial charge in [0.1, 0.15) is 11.6 Å². The van der Waals surface area contributed by atoms with E-state index in [1.165, 1.54) is 6.21 Å². The van der Waals surface area contributed by atoms with E-state index >= 15 is 0 Å². The molecule has 4 nitrogen and oxygen atoms in total. The quantitative estimate of drug-likeness (QED) is 0.587. The average Bonchev–Trinajstić information content (AvgIpc) is 2.31. The summed E-state index contributed by atoms with van der Waals surface area (Å²) >= 11 is 0. The molecule has 10 heavy (non-hydrogen) atoms. The van der Waals surface area contributed by atoms with Gasteiger partial charge >= 0.3 is 0 Å². The summed E-state index contributed by atoms with van der Waals surface area (Å²) in [6.07, 6.45) is 4.14. The third kappa shape index (κ3) is 1.51. The minimum atomic E-state index is 0.681. The van der Waals surface area contributed by atoms with Gasteiger partial charge in [-0.3, -0.25) is 0 Å². The number of imidazole rings is 1. The number of aromatic nitrogens is 2. The molecular weight excluding hydrogens is 128 g/mol. The predicted molar refractivity (Wildman–Crippen MR) is 40.3 cm³/mol. The second-order valence-corrected chi connectivity index (χ2v) is 1.80. The van der Waals surface area contributed by atoms with Crippen LogP contribution in [-0.2, 0) is 0 Å². The molecule has 1 aromatic heterocycles. The third-order valence-corrected chi connectivity index (χ3v) is 0.978. The highest BCUT2D eigenvalue weighted by Crippen LogP contribution is 2.04. The van der Waals surface area contributed by atoms with Crippen LogP contribution in [0.25, 0.3) is 0 Å². The Kier molecular flexibility index (Phi) is 1.94. The van der Waals surface area contributed by atoms with E-state index < -0.39 is 0 Å². The molecular formula is C6H8N4. The number of rotatable bonds is 2. The molecule has 4 heteroatoms. The van der Waals surface area contributed by atoms with Gasteiger partial charge in [-0.05, 0) is 6.92 Å². The van der Waals surface area contributed by atoms with Crippen LogP contribution in [0.1, 0.15) is 5.82 Å². The van der Waals surface area contributed by atoms with Crippen molar-refractivity contribution in [1.82, 2.24) is 9.97 Å². The summed E-state index contributed by atoms with van der Waals surface area (Å²) in [7, 11) is 0. The Hall–Kier alpha value is -1.45. The number of hydrogen-bond acceptors (Lipinski definition) is 3. The highest BCUT2D eigenvalue weighted by atomic mass is 15.0. The van der Waals surface area contributed by atoms with Crippen LogP contribution in [0, 0.1) is 12.3 Å². The van der Waals surface area contributed by atoms with Gasteiger partial charge in [0.05, 0.1) is 6.20 Å². The number of nitrogens with one attached hydrogen (secondary N) is 2. The number of aromatic amines is 1. The van der Waals surface area contributed by atoms with Gasteiger partial charge in [-0.1, -0.05) is 0 Å². The molecule has 0 spiro atoms. The van der Waals surface area contributed by atoms with E-state index in [9.17, 15) is 0 Å². The van der Waals surface area contributed by atoms with Crippen molar-refractivity contribution in [2.24, 2.45) is 4.99 Å². The van der Waals surface area contributed by atoms with Crippen LogP contribution in [0.5, 0.6) is 0 Å². The van der Waals surface area contributed by atoms with Crippen LogP contribution < -0.4 is 0 Å². The zero-order valence-electron chi connectivity index (χ0n) is 5.63. The van der Waals surface area contributed by atoms with E-state index in [-0.39, 0.29) is 0 Å². The molecule has 0 aliphatic carbocycles. The molecule has 0 atom stereocenters. The molecule has 2 N–H and O–H groups in total. The van der Waals surface area contributed by atoms with Gasteiger partial charge in [0.15, 0.2) is 0 Å². The molecule has 0 fully saturated rings. The van der Waals surface area contributed by atoms with Crippen molar-refractivity contribution in [2.45, 2.75) is 6.92 Å². The molecule has 0 unspecified atom stereocenters. The SMILES string of the molecule is Cc1ncc(N=CC=N)[nH]1. The topological polar surface area (TPSA) is 64.9 Å². The fourth-order valence-electron chi connectivity index (χ4n) is 0.591. The van der Waals surface area contributed by atoms with Gasteiger partial charge in [-0.2, -0.15) is 0 Å². The van der Waals surface area contributed by atoms with E-state index in [1.807, 2.05) is 6.92 Å². The summed E-state index contributed by atoms with van der Waals surface area (Å²) in [5.41, 5.74) is 0. The monoisotopic (exact) mass is 136 g/mol. The van der Waals surface area contributed by atoms with Crippen LogP contribution in [0.2, 0.25) is 0 Å². The molecule has 0 aromatic carbocycles. The van der Waals surface area contributed by atoms with Crippen molar-refractivity contribution in [1.29, 1.82) is 5.41 Å². The fraction of sp³-hybridized carbons (Fsp3) is 0.167. The lowest BCUT2D eigenvalue weighted by Crippen LogP contribution is -1.71. The van der Waals surface area contributed by atoms with Crippen LogP contribution in [0.3, 0.4) is 0 Å². The molecule has 1 aromatic rings. The fourth-order valence-corrected chi connectivity index (χ4v) is 0.591. The number of aryl methyl sites for hydroxylation is 1. The first kappa shape index (κ1) is 6.67. The molecule has 52 valence electrons. The summed E-state index contributed by atoms with van der Waals surface area (Å²) in [5, 5.41) is 6.65. The molecule has 0 aliphatic rings. The smallest absolute Gasteiger partial charge is 0.149 e. The largest absolute Gasteiger partial charge is 0.327 e. The Labute approximate surface area is 58.5 Å². The minimum absolute atomic E-state index is 0.681. The predicted octanol–water partition coefficient (Wildman–Crippen LogP) is 1.07. The van der Waals surface area contributed by atoms with Gasteiger partial charge in [0.2, 0.25) is 0 Å². The van der Waals surface area contributed by atoms with Crippen molar-refractivity contribution < 1.29 is 0 Å². The van der Waals surface area contributed by atoms with Crippen LogP contribution >= 0.6 is 0 Å². The Balaban J connectivity index is 2.75. The lowest BCUT2D eigenvalue weighted by atomic mass is 10.7. The summed E-state index contributed by atoms with van der Waals surface area (Å²) in [6.45, 7) is 1.85. The summed E-state index contributed by atoms with van der Waals surface area (Å²) < 4.78 is 0. The molecule has 1 rings (SSSR count). The minimum Gasteiger partial charge on any atom is -0.327 e. The Bertz CT molecular complexity index is 248. The number of aliphatic imine (C=N–C) groups is 1. The number of nitrogens with zero attached hydrogens (tertiary/aromatic N) is 2. The van der Waals surface area contributed by atoms with Gasteiger partial charge < -0.3 is 10.4 Å². The zero-order valence-corrected chi connectivity index (χ0v) is 5.63. The molecule has 0 amide bonds. The second kappa shape index (κ2) is 2.91. The van der Waals surface area contributed by atoms with Crippen LogP contribution in [0.4, 0.5) is 5.82 Å². The van der Waals surface area contributed by atoms with Gasteiger partial charge in [-0.25, -0.2) is 9.98 Å². The summed E-state index contributed by atoms with van der Waals surface area (Å²) in [4.78, 5) is 10.7. The highest BCUT2D eigenvalue weighted by molar-refractivity contribution is 6.15. The first-order valence-electron chi connectivity index (χ1n) is 2.87. The van der Waals surface area contributed by atoms with E-state index in [2.05, 4.69) is 15.0 Å². The summed E-state index contributed by atoms with van der Waals surface area (Å²) in [5.74, 6) is 1.51. The van der Waals surface area contributed by atoms with Gasteiger partial charge in [0.25, 0.3) is 0 Å². The normalized spacial score (nSPS) is 10.5. The highest BCUT2D eigenvalue weighted by Gasteiger charge is 1.89. The van der Waals surface area contributed by atoms with E-state index in [4.69, 9.17) is 5.41 Å². The molecule has 0 saturated heterocycles. The van der Waals surface area contributed by atoms with Crippen LogP contribution in [-0.4, -0.2) is 22.4 Å². The first-order chi connectivity index (χ1) is 4.83.